The van der Waals surface area contributed by atoms with Crippen LogP contribution >= 0.6 is 15.9 Å². The van der Waals surface area contributed by atoms with E-state index in [1.165, 1.54) is 0 Å². The highest BCUT2D eigenvalue weighted by molar-refractivity contribution is 9.10. The van der Waals surface area contributed by atoms with Gasteiger partial charge in [-0.25, -0.2) is 0 Å². The van der Waals surface area contributed by atoms with Crippen LogP contribution < -0.4 is 5.73 Å². The molecule has 4 heteroatoms. The van der Waals surface area contributed by atoms with Gasteiger partial charge in [0.2, 0.25) is 0 Å². The van der Waals surface area contributed by atoms with Gasteiger partial charge in [-0.05, 0) is 23.1 Å². The van der Waals surface area contributed by atoms with Gasteiger partial charge in [-0.3, -0.25) is 4.79 Å². The average molecular weight is 300 g/mol. The molecule has 0 aliphatic rings. The number of ether oxygens (including phenoxy) is 1. The number of carbonyl (C=O) groups is 1. The van der Waals surface area contributed by atoms with Crippen molar-refractivity contribution in [1.29, 1.82) is 0 Å². The predicted molar refractivity (Wildman–Crippen MR) is 71.4 cm³/mol. The van der Waals surface area contributed by atoms with Crippen LogP contribution in [0.3, 0.4) is 0 Å². The first-order valence-electron chi connectivity index (χ1n) is 5.47. The molecule has 0 saturated carbocycles. The summed E-state index contributed by atoms with van der Waals surface area (Å²) < 4.78 is 6.18. The summed E-state index contributed by atoms with van der Waals surface area (Å²) >= 11 is 3.35. The molecule has 1 rings (SSSR count). The van der Waals surface area contributed by atoms with Gasteiger partial charge in [-0.2, -0.15) is 0 Å². The van der Waals surface area contributed by atoms with Crippen molar-refractivity contribution in [1.82, 2.24) is 0 Å². The number of carbonyl (C=O) groups excluding carboxylic acids is 1. The molecule has 0 aliphatic carbocycles. The molecule has 94 valence electrons. The summed E-state index contributed by atoms with van der Waals surface area (Å²) in [5.74, 6) is -0.361. The van der Waals surface area contributed by atoms with E-state index in [-0.39, 0.29) is 18.0 Å². The smallest absolute Gasteiger partial charge is 0.323 e. The fraction of sp³-hybridized carbons (Fsp3) is 0.462. The Balaban J connectivity index is 2.51. The van der Waals surface area contributed by atoms with E-state index in [1.54, 1.807) is 0 Å². The summed E-state index contributed by atoms with van der Waals surface area (Å²) in [5.41, 5.74) is 6.47. The fourth-order valence-corrected chi connectivity index (χ4v) is 1.44. The minimum absolute atomic E-state index is 0.260. The zero-order valence-corrected chi connectivity index (χ0v) is 12.0. The third-order valence-electron chi connectivity index (χ3n) is 2.48. The monoisotopic (exact) mass is 299 g/mol. The Bertz CT molecular complexity index is 381. The van der Waals surface area contributed by atoms with E-state index >= 15 is 0 Å². The molecule has 0 bridgehead atoms. The molecule has 2 N–H and O–H groups in total. The van der Waals surface area contributed by atoms with Crippen LogP contribution in [0.4, 0.5) is 0 Å². The third-order valence-corrected chi connectivity index (χ3v) is 3.01. The van der Waals surface area contributed by atoms with Crippen LogP contribution in [0.5, 0.6) is 0 Å². The zero-order chi connectivity index (χ0) is 13.1. The molecule has 0 heterocycles. The molecule has 0 radical (unpaired) electrons. The zero-order valence-electron chi connectivity index (χ0n) is 10.4. The largest absolute Gasteiger partial charge is 0.460 e. The van der Waals surface area contributed by atoms with Crippen molar-refractivity contribution in [3.05, 3.63) is 34.3 Å². The van der Waals surface area contributed by atoms with Crippen LogP contribution in [-0.2, 0) is 16.1 Å². The molecule has 0 amide bonds. The van der Waals surface area contributed by atoms with Crippen LogP contribution in [0.1, 0.15) is 26.3 Å². The van der Waals surface area contributed by atoms with Gasteiger partial charge >= 0.3 is 5.97 Å². The summed E-state index contributed by atoms with van der Waals surface area (Å²) in [6.07, 6.45) is 0. The van der Waals surface area contributed by atoms with Crippen LogP contribution in [0, 0.1) is 5.41 Å². The van der Waals surface area contributed by atoms with E-state index in [2.05, 4.69) is 15.9 Å². The lowest BCUT2D eigenvalue weighted by Gasteiger charge is -2.24. The van der Waals surface area contributed by atoms with E-state index < -0.39 is 6.04 Å². The first kappa shape index (κ1) is 14.2. The van der Waals surface area contributed by atoms with E-state index in [0.717, 1.165) is 10.0 Å². The van der Waals surface area contributed by atoms with Crippen LogP contribution in [0.2, 0.25) is 0 Å². The molecule has 17 heavy (non-hydrogen) atoms. The SMILES string of the molecule is CC(C)(C)C(N)C(=O)OCc1ccc(Br)cc1. The maximum atomic E-state index is 11.7. The predicted octanol–water partition coefficient (Wildman–Crippen LogP) is 2.87. The van der Waals surface area contributed by atoms with Gasteiger partial charge in [0.25, 0.3) is 0 Å². The highest BCUT2D eigenvalue weighted by Gasteiger charge is 2.28. The third kappa shape index (κ3) is 4.48. The van der Waals surface area contributed by atoms with E-state index in [1.807, 2.05) is 45.0 Å². The maximum Gasteiger partial charge on any atom is 0.323 e. The number of esters is 1. The molecule has 0 spiro atoms. The molecular formula is C13H18BrNO2. The molecule has 0 aromatic heterocycles. The number of hydrogen-bond donors (Lipinski definition) is 1. The molecule has 0 saturated heterocycles. The lowest BCUT2D eigenvalue weighted by Crippen LogP contribution is -2.43. The number of halogens is 1. The molecule has 3 nitrogen and oxygen atoms in total. The Morgan fingerprint density at radius 1 is 1.35 bits per heavy atom. The molecule has 0 aliphatic heterocycles. The van der Waals surface area contributed by atoms with E-state index in [9.17, 15) is 4.79 Å². The Kier molecular flexibility index (Phi) is 4.71. The Hall–Kier alpha value is -0.870. The van der Waals surface area contributed by atoms with Gasteiger partial charge in [-0.15, -0.1) is 0 Å². The second kappa shape index (κ2) is 5.65. The van der Waals surface area contributed by atoms with E-state index in [0.29, 0.717) is 0 Å². The standard InChI is InChI=1S/C13H18BrNO2/c1-13(2,3)11(15)12(16)17-8-9-4-6-10(14)7-5-9/h4-7,11H,8,15H2,1-3H3. The molecule has 1 aromatic carbocycles. The van der Waals surface area contributed by atoms with Gasteiger partial charge in [0, 0.05) is 4.47 Å². The molecule has 1 unspecified atom stereocenters. The van der Waals surface area contributed by atoms with Gasteiger partial charge in [0.05, 0.1) is 0 Å². The minimum Gasteiger partial charge on any atom is -0.460 e. The van der Waals surface area contributed by atoms with Crippen LogP contribution in [0.25, 0.3) is 0 Å². The highest BCUT2D eigenvalue weighted by atomic mass is 79.9. The Morgan fingerprint density at radius 3 is 2.35 bits per heavy atom. The van der Waals surface area contributed by atoms with E-state index in [4.69, 9.17) is 10.5 Å². The van der Waals surface area contributed by atoms with Gasteiger partial charge in [0.15, 0.2) is 0 Å². The summed E-state index contributed by atoms with van der Waals surface area (Å²) in [6.45, 7) is 6.01. The molecule has 1 atom stereocenters. The minimum atomic E-state index is -0.599. The van der Waals surface area contributed by atoms with Crippen molar-refractivity contribution in [2.75, 3.05) is 0 Å². The van der Waals surface area contributed by atoms with Crippen molar-refractivity contribution in [2.24, 2.45) is 11.1 Å². The summed E-state index contributed by atoms with van der Waals surface area (Å²) in [4.78, 5) is 11.7. The first-order valence-corrected chi connectivity index (χ1v) is 6.26. The van der Waals surface area contributed by atoms with Gasteiger partial charge < -0.3 is 10.5 Å². The van der Waals surface area contributed by atoms with Crippen LogP contribution in [-0.4, -0.2) is 12.0 Å². The Labute approximate surface area is 110 Å². The van der Waals surface area contributed by atoms with Crippen molar-refractivity contribution in [3.8, 4) is 0 Å². The Morgan fingerprint density at radius 2 is 1.88 bits per heavy atom. The lowest BCUT2D eigenvalue weighted by atomic mass is 9.87. The van der Waals surface area contributed by atoms with Crippen molar-refractivity contribution in [3.63, 3.8) is 0 Å². The number of hydrogen-bond acceptors (Lipinski definition) is 3. The van der Waals surface area contributed by atoms with Crippen molar-refractivity contribution >= 4 is 21.9 Å². The first-order chi connectivity index (χ1) is 7.80. The summed E-state index contributed by atoms with van der Waals surface area (Å²) in [7, 11) is 0. The topological polar surface area (TPSA) is 52.3 Å². The van der Waals surface area contributed by atoms with Crippen molar-refractivity contribution in [2.45, 2.75) is 33.4 Å². The summed E-state index contributed by atoms with van der Waals surface area (Å²) in [5, 5.41) is 0. The normalized spacial score (nSPS) is 13.2. The maximum absolute atomic E-state index is 11.7. The molecule has 1 aromatic rings. The van der Waals surface area contributed by atoms with Gasteiger partial charge in [-0.1, -0.05) is 48.8 Å². The highest BCUT2D eigenvalue weighted by Crippen LogP contribution is 2.19. The van der Waals surface area contributed by atoms with Crippen molar-refractivity contribution < 1.29 is 9.53 Å². The number of rotatable bonds is 3. The molecule has 0 fully saturated rings. The second-order valence-corrected chi connectivity index (χ2v) is 5.99. The van der Waals surface area contributed by atoms with Gasteiger partial charge in [0.1, 0.15) is 12.6 Å². The lowest BCUT2D eigenvalue weighted by molar-refractivity contribution is -0.149. The molecular weight excluding hydrogens is 282 g/mol. The number of benzene rings is 1. The average Bonchev–Trinajstić information content (AvgIpc) is 2.25. The second-order valence-electron chi connectivity index (χ2n) is 5.08. The fourth-order valence-electron chi connectivity index (χ4n) is 1.18. The van der Waals surface area contributed by atoms with Crippen LogP contribution in [0.15, 0.2) is 28.7 Å². The number of nitrogens with two attached hydrogens (primary N) is 1. The quantitative estimate of drug-likeness (QED) is 0.873. The summed E-state index contributed by atoms with van der Waals surface area (Å²) in [6, 6.07) is 7.03.